The lowest BCUT2D eigenvalue weighted by atomic mass is 9.79. The van der Waals surface area contributed by atoms with Gasteiger partial charge >= 0.3 is 13.9 Å². The second-order valence-corrected chi connectivity index (χ2v) is 18.5. The third-order valence-electron chi connectivity index (χ3n) is 8.51. The Bertz CT molecular complexity index is 1250. The molecular formula is C36H52AlClN2O2. The molecule has 1 saturated carbocycles. The third kappa shape index (κ3) is 7.64. The van der Waals surface area contributed by atoms with Crippen LogP contribution in [0.2, 0.25) is 0 Å². The third-order valence-corrected chi connectivity index (χ3v) is 9.89. The molecule has 0 bridgehead atoms. The van der Waals surface area contributed by atoms with Crippen molar-refractivity contribution in [3.63, 3.8) is 0 Å². The Labute approximate surface area is 264 Å². The van der Waals surface area contributed by atoms with Crippen molar-refractivity contribution in [1.82, 2.24) is 0 Å². The molecule has 6 heteroatoms. The summed E-state index contributed by atoms with van der Waals surface area (Å²) in [5, 5.41) is 0. The van der Waals surface area contributed by atoms with Crippen LogP contribution in [-0.4, -0.2) is 38.4 Å². The van der Waals surface area contributed by atoms with Crippen molar-refractivity contribution in [3.8, 4) is 11.5 Å². The molecule has 228 valence electrons. The highest BCUT2D eigenvalue weighted by atomic mass is 35.6. The Kier molecular flexibility index (Phi) is 9.42. The summed E-state index contributed by atoms with van der Waals surface area (Å²) in [6, 6.07) is 9.30. The van der Waals surface area contributed by atoms with Crippen LogP contribution in [0.25, 0.3) is 0 Å². The summed E-state index contributed by atoms with van der Waals surface area (Å²) in [4.78, 5) is 10.4. The van der Waals surface area contributed by atoms with Crippen LogP contribution in [0.4, 0.5) is 0 Å². The van der Waals surface area contributed by atoms with Crippen LogP contribution >= 0.6 is 10.0 Å². The molecule has 0 spiro atoms. The van der Waals surface area contributed by atoms with Crippen LogP contribution in [-0.2, 0) is 21.7 Å². The van der Waals surface area contributed by atoms with Gasteiger partial charge in [0.15, 0.2) is 0 Å². The standard InChI is InChI=1S/C36H54N2O2.Al.ClH/c1-33(2,3)25-17-23(31(39)27(19-25)35(7,8)9)21-37-29-15-13-14-16-30(29)38-22-24-18-26(34(4,5)6)20-28(32(24)40)36(10,11)12;;/h17-22,29-30,39-40H,13-16H2,1-12H3;;1H/q;+3;/p-3/t29-,30?;;/m0../s1. The highest BCUT2D eigenvalue weighted by Crippen LogP contribution is 2.41. The molecule has 1 aliphatic heterocycles. The quantitative estimate of drug-likeness (QED) is 0.280. The van der Waals surface area contributed by atoms with E-state index in [9.17, 15) is 0 Å². The van der Waals surface area contributed by atoms with E-state index in [1.165, 1.54) is 24.0 Å². The fourth-order valence-corrected chi connectivity index (χ4v) is 7.22. The second kappa shape index (κ2) is 11.9. The minimum atomic E-state index is -2.74. The second-order valence-electron chi connectivity index (χ2n) is 16.4. The van der Waals surface area contributed by atoms with Gasteiger partial charge in [-0.1, -0.05) is 108 Å². The zero-order chi connectivity index (χ0) is 31.3. The zero-order valence-corrected chi connectivity index (χ0v) is 30.0. The maximum Gasteiger partial charge on any atom is 0.999 e. The molecular weight excluding hydrogens is 555 g/mol. The topological polar surface area (TPSA) is 43.2 Å². The van der Waals surface area contributed by atoms with E-state index < -0.39 is 13.9 Å². The van der Waals surface area contributed by atoms with Crippen molar-refractivity contribution < 1.29 is 7.58 Å². The van der Waals surface area contributed by atoms with E-state index in [-0.39, 0.29) is 33.7 Å². The van der Waals surface area contributed by atoms with Crippen LogP contribution in [0.15, 0.2) is 34.3 Å². The molecule has 2 aromatic carbocycles. The van der Waals surface area contributed by atoms with Gasteiger partial charge in [-0.05, 0) is 68.9 Å². The van der Waals surface area contributed by atoms with E-state index in [0.717, 1.165) is 46.6 Å². The van der Waals surface area contributed by atoms with E-state index in [1.54, 1.807) is 0 Å². The van der Waals surface area contributed by atoms with Gasteiger partial charge in [-0.3, -0.25) is 9.98 Å². The SMILES string of the molecule is CC(C)(C)c1cc2c(c(C(C)(C)C)c1)[O][Al]([Cl])[O]c1c(cc(C(C)(C)C)cc1C(C)(C)C)C=N[C@H]1CCCCC1N=C2. The molecule has 2 aromatic rings. The summed E-state index contributed by atoms with van der Waals surface area (Å²) in [6.07, 6.45) is 8.46. The van der Waals surface area contributed by atoms with Gasteiger partial charge in [0.1, 0.15) is 0 Å². The van der Waals surface area contributed by atoms with E-state index in [1.807, 2.05) is 12.4 Å². The Hall–Kier alpha value is -1.80. The van der Waals surface area contributed by atoms with Crippen molar-refractivity contribution in [2.75, 3.05) is 0 Å². The number of benzene rings is 2. The summed E-state index contributed by atoms with van der Waals surface area (Å²) < 4.78 is 13.5. The van der Waals surface area contributed by atoms with Gasteiger partial charge in [0.05, 0.1) is 23.6 Å². The lowest BCUT2D eigenvalue weighted by Gasteiger charge is -2.31. The molecule has 0 N–H and O–H groups in total. The van der Waals surface area contributed by atoms with Crippen molar-refractivity contribution in [3.05, 3.63) is 57.6 Å². The first-order valence-corrected chi connectivity index (χ1v) is 18.4. The summed E-state index contributed by atoms with van der Waals surface area (Å²) in [6.45, 7) is 26.9. The largest absolute Gasteiger partial charge is 0.999 e. The van der Waals surface area contributed by atoms with Gasteiger partial charge < -0.3 is 7.58 Å². The maximum atomic E-state index is 7.14. The predicted molar refractivity (Wildman–Crippen MR) is 182 cm³/mol. The summed E-state index contributed by atoms with van der Waals surface area (Å²) >= 11 is -2.74. The molecule has 0 radical (unpaired) electrons. The first-order valence-electron chi connectivity index (χ1n) is 15.7. The fraction of sp³-hybridized carbons (Fsp3) is 0.611. The predicted octanol–water partition coefficient (Wildman–Crippen LogP) is 9.72. The Morgan fingerprint density at radius 1 is 0.595 bits per heavy atom. The Morgan fingerprint density at radius 3 is 1.26 bits per heavy atom. The molecule has 0 amide bonds. The summed E-state index contributed by atoms with van der Waals surface area (Å²) in [5.74, 6) is 1.59. The van der Waals surface area contributed by atoms with Crippen molar-refractivity contribution in [2.24, 2.45) is 9.98 Å². The fourth-order valence-electron chi connectivity index (χ4n) is 5.74. The number of fused-ring (bicyclic) bond motifs is 3. The van der Waals surface area contributed by atoms with Gasteiger partial charge in [0, 0.05) is 23.6 Å². The molecule has 2 atom stereocenters. The molecule has 4 rings (SSSR count). The summed E-state index contributed by atoms with van der Waals surface area (Å²) in [5.41, 5.74) is 6.34. The number of rotatable bonds is 0. The average molecular weight is 607 g/mol. The lowest BCUT2D eigenvalue weighted by molar-refractivity contribution is 0.390. The van der Waals surface area contributed by atoms with E-state index in [2.05, 4.69) is 107 Å². The molecule has 2 aliphatic rings. The number of aliphatic imine (C=N–C) groups is 2. The monoisotopic (exact) mass is 606 g/mol. The van der Waals surface area contributed by atoms with Crippen molar-refractivity contribution in [1.29, 1.82) is 0 Å². The van der Waals surface area contributed by atoms with E-state index in [0.29, 0.717) is 0 Å². The highest BCUT2D eigenvalue weighted by Gasteiger charge is 2.38. The van der Waals surface area contributed by atoms with Crippen LogP contribution < -0.4 is 7.58 Å². The minimum absolute atomic E-state index is 0.0265. The molecule has 1 aliphatic carbocycles. The molecule has 0 aromatic heterocycles. The van der Waals surface area contributed by atoms with E-state index in [4.69, 9.17) is 27.6 Å². The maximum absolute atomic E-state index is 7.14. The number of hydrogen-bond acceptors (Lipinski definition) is 4. The smallest absolute Gasteiger partial charge is 0.599 e. The van der Waals surface area contributed by atoms with Crippen LogP contribution in [0.1, 0.15) is 142 Å². The first kappa shape index (κ1) is 33.1. The van der Waals surface area contributed by atoms with Gasteiger partial charge in [0.25, 0.3) is 0 Å². The van der Waals surface area contributed by atoms with Crippen LogP contribution in [0.5, 0.6) is 11.5 Å². The number of halogens is 1. The highest BCUT2D eigenvalue weighted by molar-refractivity contribution is 7.00. The molecule has 0 saturated heterocycles. The minimum Gasteiger partial charge on any atom is -0.599 e. The Morgan fingerprint density at radius 2 is 0.952 bits per heavy atom. The molecule has 42 heavy (non-hydrogen) atoms. The normalized spacial score (nSPS) is 20.3. The Balaban J connectivity index is 1.99. The molecule has 1 heterocycles. The van der Waals surface area contributed by atoms with Gasteiger partial charge in [-0.25, -0.2) is 0 Å². The zero-order valence-electron chi connectivity index (χ0n) is 28.1. The average Bonchev–Trinajstić information content (AvgIpc) is 2.85. The van der Waals surface area contributed by atoms with Gasteiger partial charge in [-0.2, -0.15) is 10.0 Å². The van der Waals surface area contributed by atoms with Gasteiger partial charge in [0.2, 0.25) is 0 Å². The number of hydrogen-bond donors (Lipinski definition) is 0. The molecule has 4 nitrogen and oxygen atoms in total. The van der Waals surface area contributed by atoms with Crippen molar-refractivity contribution >= 4 is 36.4 Å². The van der Waals surface area contributed by atoms with Crippen molar-refractivity contribution in [2.45, 2.75) is 143 Å². The van der Waals surface area contributed by atoms with Crippen LogP contribution in [0, 0.1) is 0 Å². The van der Waals surface area contributed by atoms with Gasteiger partial charge in [-0.15, -0.1) is 0 Å². The molecule has 1 fully saturated rings. The first-order chi connectivity index (χ1) is 19.2. The lowest BCUT2D eigenvalue weighted by Crippen LogP contribution is -2.29. The van der Waals surface area contributed by atoms with Crippen LogP contribution in [0.3, 0.4) is 0 Å². The number of nitrogens with zero attached hydrogens (tertiary/aromatic N) is 2. The van der Waals surface area contributed by atoms with E-state index >= 15 is 0 Å². The molecule has 1 unspecified atom stereocenters. The summed E-state index contributed by atoms with van der Waals surface area (Å²) in [7, 11) is 7.14.